The Kier molecular flexibility index (Phi) is 6.47. The van der Waals surface area contributed by atoms with Crippen molar-refractivity contribution in [1.82, 2.24) is 15.2 Å². The van der Waals surface area contributed by atoms with Gasteiger partial charge in [0.2, 0.25) is 5.91 Å². The van der Waals surface area contributed by atoms with Gasteiger partial charge >= 0.3 is 0 Å². The van der Waals surface area contributed by atoms with Crippen LogP contribution in [0.3, 0.4) is 0 Å². The van der Waals surface area contributed by atoms with Crippen LogP contribution in [0.25, 0.3) is 0 Å². The highest BCUT2D eigenvalue weighted by Crippen LogP contribution is 2.17. The van der Waals surface area contributed by atoms with Crippen LogP contribution >= 0.6 is 0 Å². The van der Waals surface area contributed by atoms with Gasteiger partial charge in [0.25, 0.3) is 0 Å². The fraction of sp³-hybridized carbons (Fsp3) is 0.684. The van der Waals surface area contributed by atoms with E-state index in [4.69, 9.17) is 0 Å². The number of carbonyl (C=O) groups is 1. The summed E-state index contributed by atoms with van der Waals surface area (Å²) in [5.74, 6) is 1.29. The predicted octanol–water partition coefficient (Wildman–Crippen LogP) is 2.43. The minimum Gasteiger partial charge on any atom is -0.354 e. The molecule has 5 heteroatoms. The Morgan fingerprint density at radius 2 is 1.83 bits per heavy atom. The molecule has 0 unspecified atom stereocenters. The van der Waals surface area contributed by atoms with Crippen LogP contribution in [0.1, 0.15) is 44.9 Å². The monoisotopic (exact) mass is 330 g/mol. The fourth-order valence-corrected chi connectivity index (χ4v) is 3.72. The fourth-order valence-electron chi connectivity index (χ4n) is 3.72. The first-order valence-electron chi connectivity index (χ1n) is 9.49. The number of hydrogen-bond donors (Lipinski definition) is 1. The zero-order valence-corrected chi connectivity index (χ0v) is 14.6. The highest BCUT2D eigenvalue weighted by molar-refractivity contribution is 5.76. The molecule has 0 radical (unpaired) electrons. The average Bonchev–Trinajstić information content (AvgIpc) is 2.90. The van der Waals surface area contributed by atoms with Crippen molar-refractivity contribution in [2.45, 2.75) is 51.0 Å². The first-order chi connectivity index (χ1) is 11.8. The Bertz CT molecular complexity index is 491. The van der Waals surface area contributed by atoms with Gasteiger partial charge in [0.15, 0.2) is 0 Å². The third kappa shape index (κ3) is 5.20. The van der Waals surface area contributed by atoms with Gasteiger partial charge in [-0.15, -0.1) is 0 Å². The maximum atomic E-state index is 12.2. The average molecular weight is 330 g/mol. The number of nitrogens with one attached hydrogen (secondary N) is 1. The zero-order chi connectivity index (χ0) is 16.6. The van der Waals surface area contributed by atoms with Crippen LogP contribution in [0.15, 0.2) is 24.4 Å². The number of rotatable bonds is 5. The van der Waals surface area contributed by atoms with E-state index in [1.54, 1.807) is 0 Å². The van der Waals surface area contributed by atoms with Gasteiger partial charge in [0.05, 0.1) is 0 Å². The van der Waals surface area contributed by atoms with Crippen LogP contribution in [-0.4, -0.2) is 54.6 Å². The van der Waals surface area contributed by atoms with Gasteiger partial charge < -0.3 is 10.2 Å². The van der Waals surface area contributed by atoms with Crippen molar-refractivity contribution in [3.8, 4) is 0 Å². The summed E-state index contributed by atoms with van der Waals surface area (Å²) in [5.41, 5.74) is 0. The van der Waals surface area contributed by atoms with E-state index in [1.807, 2.05) is 18.3 Å². The van der Waals surface area contributed by atoms with Crippen LogP contribution < -0.4 is 10.2 Å². The standard InChI is InChI=1S/C19H30N4O/c24-19(21-17-7-3-1-2-4-8-17)10-12-22-13-15-23(16-14-22)18-9-5-6-11-20-18/h5-6,9,11,17H,1-4,7-8,10,12-16H2,(H,21,24). The molecule has 2 fully saturated rings. The first kappa shape index (κ1) is 17.2. The summed E-state index contributed by atoms with van der Waals surface area (Å²) in [5, 5.41) is 3.25. The molecular weight excluding hydrogens is 300 g/mol. The second-order valence-corrected chi connectivity index (χ2v) is 7.02. The van der Waals surface area contributed by atoms with Crippen LogP contribution in [0.5, 0.6) is 0 Å². The largest absolute Gasteiger partial charge is 0.354 e. The maximum Gasteiger partial charge on any atom is 0.221 e. The summed E-state index contributed by atoms with van der Waals surface area (Å²) in [6, 6.07) is 6.47. The van der Waals surface area contributed by atoms with Crippen LogP contribution in [0.4, 0.5) is 5.82 Å². The Hall–Kier alpha value is -1.62. The topological polar surface area (TPSA) is 48.5 Å². The number of piperazine rings is 1. The lowest BCUT2D eigenvalue weighted by molar-refractivity contribution is -0.122. The van der Waals surface area contributed by atoms with E-state index in [0.717, 1.165) is 51.4 Å². The van der Waals surface area contributed by atoms with E-state index in [2.05, 4.69) is 26.2 Å². The van der Waals surface area contributed by atoms with Crippen molar-refractivity contribution >= 4 is 11.7 Å². The van der Waals surface area contributed by atoms with E-state index in [-0.39, 0.29) is 5.91 Å². The van der Waals surface area contributed by atoms with Gasteiger partial charge in [-0.25, -0.2) is 4.98 Å². The number of hydrogen-bond acceptors (Lipinski definition) is 4. The van der Waals surface area contributed by atoms with E-state index in [9.17, 15) is 4.79 Å². The number of carbonyl (C=O) groups excluding carboxylic acids is 1. The van der Waals surface area contributed by atoms with E-state index >= 15 is 0 Å². The molecule has 0 atom stereocenters. The molecule has 1 aliphatic heterocycles. The van der Waals surface area contributed by atoms with Gasteiger partial charge in [-0.3, -0.25) is 9.69 Å². The molecule has 2 aliphatic rings. The summed E-state index contributed by atoms with van der Waals surface area (Å²) in [6.45, 7) is 4.86. The molecule has 0 bridgehead atoms. The van der Waals surface area contributed by atoms with Gasteiger partial charge in [-0.2, -0.15) is 0 Å². The molecule has 1 aliphatic carbocycles. The third-order valence-electron chi connectivity index (χ3n) is 5.22. The molecule has 1 saturated carbocycles. The van der Waals surface area contributed by atoms with E-state index in [0.29, 0.717) is 12.5 Å². The molecular formula is C19H30N4O. The SMILES string of the molecule is O=C(CCN1CCN(c2ccccn2)CC1)NC1CCCCCC1. The van der Waals surface area contributed by atoms with Crippen molar-refractivity contribution < 1.29 is 4.79 Å². The van der Waals surface area contributed by atoms with Crippen molar-refractivity contribution in [2.75, 3.05) is 37.6 Å². The molecule has 1 saturated heterocycles. The number of amides is 1. The van der Waals surface area contributed by atoms with Crippen molar-refractivity contribution in [3.05, 3.63) is 24.4 Å². The second kappa shape index (κ2) is 9.02. The minimum atomic E-state index is 0.231. The van der Waals surface area contributed by atoms with Crippen LogP contribution in [0, 0.1) is 0 Å². The Balaban J connectivity index is 1.35. The Morgan fingerprint density at radius 1 is 1.08 bits per heavy atom. The van der Waals surface area contributed by atoms with Crippen molar-refractivity contribution in [1.29, 1.82) is 0 Å². The summed E-state index contributed by atoms with van der Waals surface area (Å²) < 4.78 is 0. The molecule has 1 N–H and O–H groups in total. The molecule has 0 aromatic carbocycles. The maximum absolute atomic E-state index is 12.2. The molecule has 5 nitrogen and oxygen atoms in total. The van der Waals surface area contributed by atoms with Gasteiger partial charge in [-0.05, 0) is 25.0 Å². The van der Waals surface area contributed by atoms with Crippen molar-refractivity contribution in [3.63, 3.8) is 0 Å². The number of anilines is 1. The Labute approximate surface area is 145 Å². The lowest BCUT2D eigenvalue weighted by Crippen LogP contribution is -2.47. The number of nitrogens with zero attached hydrogens (tertiary/aromatic N) is 3. The molecule has 1 amide bonds. The Morgan fingerprint density at radius 3 is 2.50 bits per heavy atom. The third-order valence-corrected chi connectivity index (χ3v) is 5.22. The van der Waals surface area contributed by atoms with Gasteiger partial charge in [-0.1, -0.05) is 31.7 Å². The molecule has 1 aromatic heterocycles. The predicted molar refractivity (Wildman–Crippen MR) is 97.1 cm³/mol. The molecule has 3 rings (SSSR count). The highest BCUT2D eigenvalue weighted by atomic mass is 16.1. The van der Waals surface area contributed by atoms with Crippen molar-refractivity contribution in [2.24, 2.45) is 0 Å². The summed E-state index contributed by atoms with van der Waals surface area (Å²) in [4.78, 5) is 21.3. The van der Waals surface area contributed by atoms with Crippen LogP contribution in [-0.2, 0) is 4.79 Å². The summed E-state index contributed by atoms with van der Waals surface area (Å²) >= 11 is 0. The first-order valence-corrected chi connectivity index (χ1v) is 9.49. The smallest absolute Gasteiger partial charge is 0.221 e. The van der Waals surface area contributed by atoms with Crippen LogP contribution in [0.2, 0.25) is 0 Å². The normalized spacial score (nSPS) is 20.6. The summed E-state index contributed by atoms with van der Waals surface area (Å²) in [6.07, 6.45) is 9.98. The van der Waals surface area contributed by atoms with E-state index in [1.165, 1.54) is 25.7 Å². The number of pyridine rings is 1. The molecule has 0 spiro atoms. The summed E-state index contributed by atoms with van der Waals surface area (Å²) in [7, 11) is 0. The minimum absolute atomic E-state index is 0.231. The van der Waals surface area contributed by atoms with Gasteiger partial charge in [0, 0.05) is 51.4 Å². The van der Waals surface area contributed by atoms with E-state index < -0.39 is 0 Å². The zero-order valence-electron chi connectivity index (χ0n) is 14.6. The highest BCUT2D eigenvalue weighted by Gasteiger charge is 2.19. The molecule has 24 heavy (non-hydrogen) atoms. The lowest BCUT2D eigenvalue weighted by Gasteiger charge is -2.35. The molecule has 2 heterocycles. The number of aromatic nitrogens is 1. The second-order valence-electron chi connectivity index (χ2n) is 7.02. The lowest BCUT2D eigenvalue weighted by atomic mass is 10.1. The quantitative estimate of drug-likeness (QED) is 0.843. The molecule has 1 aromatic rings. The molecule has 132 valence electrons. The van der Waals surface area contributed by atoms with Gasteiger partial charge in [0.1, 0.15) is 5.82 Å².